The first kappa shape index (κ1) is 14.1. The van der Waals surface area contributed by atoms with E-state index in [2.05, 4.69) is 24.4 Å². The zero-order valence-corrected chi connectivity index (χ0v) is 11.8. The molecule has 1 atom stereocenters. The Labute approximate surface area is 119 Å². The van der Waals surface area contributed by atoms with Gasteiger partial charge in [0.25, 0.3) is 0 Å². The molecule has 0 amide bonds. The van der Waals surface area contributed by atoms with Crippen LogP contribution in [0.25, 0.3) is 0 Å². The van der Waals surface area contributed by atoms with Crippen molar-refractivity contribution in [2.45, 2.75) is 26.3 Å². The van der Waals surface area contributed by atoms with Crippen LogP contribution >= 0.6 is 0 Å². The third-order valence-electron chi connectivity index (χ3n) is 3.41. The number of rotatable bonds is 5. The minimum Gasteiger partial charge on any atom is -0.478 e. The second kappa shape index (κ2) is 6.24. The molecular weight excluding hydrogens is 250 g/mol. The van der Waals surface area contributed by atoms with E-state index in [1.807, 2.05) is 31.2 Å². The maximum atomic E-state index is 10.9. The lowest BCUT2D eigenvalue weighted by molar-refractivity contribution is 0.0697. The predicted octanol–water partition coefficient (Wildman–Crippen LogP) is 4.26. The molecule has 2 aromatic carbocycles. The van der Waals surface area contributed by atoms with Crippen LogP contribution in [0.5, 0.6) is 0 Å². The van der Waals surface area contributed by atoms with Crippen LogP contribution in [0.4, 0.5) is 5.69 Å². The van der Waals surface area contributed by atoms with E-state index in [0.717, 1.165) is 17.7 Å². The normalized spacial score (nSPS) is 11.9. The lowest BCUT2D eigenvalue weighted by atomic mass is 10.0. The third-order valence-corrected chi connectivity index (χ3v) is 3.41. The highest BCUT2D eigenvalue weighted by Gasteiger charge is 2.11. The second-order valence-electron chi connectivity index (χ2n) is 4.85. The van der Waals surface area contributed by atoms with Gasteiger partial charge in [-0.15, -0.1) is 0 Å². The summed E-state index contributed by atoms with van der Waals surface area (Å²) in [6.45, 7) is 4.05. The maximum absolute atomic E-state index is 10.9. The van der Waals surface area contributed by atoms with Crippen LogP contribution in [0.15, 0.2) is 48.5 Å². The van der Waals surface area contributed by atoms with Gasteiger partial charge in [0.2, 0.25) is 0 Å². The molecule has 0 saturated heterocycles. The van der Waals surface area contributed by atoms with Gasteiger partial charge < -0.3 is 10.4 Å². The van der Waals surface area contributed by atoms with Crippen molar-refractivity contribution in [3.05, 3.63) is 65.2 Å². The van der Waals surface area contributed by atoms with Gasteiger partial charge in [-0.3, -0.25) is 0 Å². The number of benzene rings is 2. The molecule has 0 aliphatic carbocycles. The van der Waals surface area contributed by atoms with Gasteiger partial charge in [0.05, 0.1) is 11.6 Å². The Kier molecular flexibility index (Phi) is 4.41. The lowest BCUT2D eigenvalue weighted by Gasteiger charge is -2.20. The highest BCUT2D eigenvalue weighted by molar-refractivity contribution is 5.88. The molecule has 0 bridgehead atoms. The molecule has 0 aromatic heterocycles. The summed E-state index contributed by atoms with van der Waals surface area (Å²) in [5.74, 6) is -0.894. The topological polar surface area (TPSA) is 49.3 Å². The highest BCUT2D eigenvalue weighted by atomic mass is 16.4. The number of aryl methyl sites for hydroxylation is 1. The number of anilines is 1. The predicted molar refractivity (Wildman–Crippen MR) is 81.2 cm³/mol. The molecule has 2 aromatic rings. The van der Waals surface area contributed by atoms with Crippen molar-refractivity contribution in [3.8, 4) is 0 Å². The molecule has 3 nitrogen and oxygen atoms in total. The fourth-order valence-electron chi connectivity index (χ4n) is 2.25. The van der Waals surface area contributed by atoms with Crippen molar-refractivity contribution in [1.29, 1.82) is 0 Å². The molecule has 0 fully saturated rings. The molecule has 0 spiro atoms. The van der Waals surface area contributed by atoms with E-state index in [-0.39, 0.29) is 6.04 Å². The molecular formula is C17H19NO2. The van der Waals surface area contributed by atoms with E-state index in [1.165, 1.54) is 5.56 Å². The average Bonchev–Trinajstić information content (AvgIpc) is 2.46. The number of hydrogen-bond donors (Lipinski definition) is 2. The zero-order valence-electron chi connectivity index (χ0n) is 11.8. The van der Waals surface area contributed by atoms with Crippen LogP contribution in [0.2, 0.25) is 0 Å². The number of hydrogen-bond acceptors (Lipinski definition) is 2. The van der Waals surface area contributed by atoms with E-state index in [0.29, 0.717) is 5.56 Å². The van der Waals surface area contributed by atoms with Crippen LogP contribution in [0, 0.1) is 6.92 Å². The molecule has 2 N–H and O–H groups in total. The van der Waals surface area contributed by atoms with E-state index in [9.17, 15) is 4.79 Å². The van der Waals surface area contributed by atoms with Gasteiger partial charge in [-0.1, -0.05) is 37.3 Å². The van der Waals surface area contributed by atoms with Crippen LogP contribution < -0.4 is 5.32 Å². The summed E-state index contributed by atoms with van der Waals surface area (Å²) in [7, 11) is 0. The number of nitrogens with one attached hydrogen (secondary N) is 1. The monoisotopic (exact) mass is 269 g/mol. The van der Waals surface area contributed by atoms with Gasteiger partial charge in [0.1, 0.15) is 0 Å². The zero-order chi connectivity index (χ0) is 14.5. The van der Waals surface area contributed by atoms with E-state index in [1.54, 1.807) is 12.1 Å². The van der Waals surface area contributed by atoms with Crippen molar-refractivity contribution in [2.75, 3.05) is 5.32 Å². The molecule has 0 saturated carbocycles. The quantitative estimate of drug-likeness (QED) is 0.852. The van der Waals surface area contributed by atoms with E-state index < -0.39 is 5.97 Å². The molecule has 0 aliphatic heterocycles. The van der Waals surface area contributed by atoms with Crippen LogP contribution in [-0.2, 0) is 0 Å². The first-order valence-corrected chi connectivity index (χ1v) is 6.77. The number of carboxylic acids is 1. The van der Waals surface area contributed by atoms with Crippen LogP contribution in [-0.4, -0.2) is 11.1 Å². The van der Waals surface area contributed by atoms with Gasteiger partial charge in [0, 0.05) is 5.69 Å². The number of aromatic carboxylic acids is 1. The molecule has 104 valence electrons. The fourth-order valence-corrected chi connectivity index (χ4v) is 2.25. The van der Waals surface area contributed by atoms with Gasteiger partial charge in [-0.05, 0) is 42.7 Å². The van der Waals surface area contributed by atoms with E-state index in [4.69, 9.17) is 5.11 Å². The minimum absolute atomic E-state index is 0.227. The summed E-state index contributed by atoms with van der Waals surface area (Å²) < 4.78 is 0. The Morgan fingerprint density at radius 2 is 1.90 bits per heavy atom. The summed E-state index contributed by atoms with van der Waals surface area (Å²) >= 11 is 0. The van der Waals surface area contributed by atoms with Crippen molar-refractivity contribution in [2.24, 2.45) is 0 Å². The SMILES string of the molecule is CCC(Nc1ccc(C(=O)O)cc1C)c1ccccc1. The molecule has 3 heteroatoms. The van der Waals surface area contributed by atoms with Gasteiger partial charge >= 0.3 is 5.97 Å². The Morgan fingerprint density at radius 3 is 2.45 bits per heavy atom. The van der Waals surface area contributed by atoms with Crippen molar-refractivity contribution < 1.29 is 9.90 Å². The Bertz CT molecular complexity index is 593. The van der Waals surface area contributed by atoms with Crippen LogP contribution in [0.3, 0.4) is 0 Å². The Morgan fingerprint density at radius 1 is 1.20 bits per heavy atom. The minimum atomic E-state index is -0.894. The van der Waals surface area contributed by atoms with Gasteiger partial charge in [-0.2, -0.15) is 0 Å². The number of carbonyl (C=O) groups is 1. The molecule has 20 heavy (non-hydrogen) atoms. The summed E-state index contributed by atoms with van der Waals surface area (Å²) in [5, 5.41) is 12.5. The summed E-state index contributed by atoms with van der Waals surface area (Å²) in [4.78, 5) is 10.9. The van der Waals surface area contributed by atoms with Crippen molar-refractivity contribution >= 4 is 11.7 Å². The smallest absolute Gasteiger partial charge is 0.335 e. The molecule has 0 radical (unpaired) electrons. The highest BCUT2D eigenvalue weighted by Crippen LogP contribution is 2.25. The number of carboxylic acid groups (broad SMARTS) is 1. The van der Waals surface area contributed by atoms with E-state index >= 15 is 0 Å². The largest absolute Gasteiger partial charge is 0.478 e. The van der Waals surface area contributed by atoms with Crippen LogP contribution in [0.1, 0.15) is 40.9 Å². The Balaban J connectivity index is 2.22. The third kappa shape index (κ3) is 3.18. The molecule has 2 rings (SSSR count). The standard InChI is InChI=1S/C17H19NO2/c1-3-15(13-7-5-4-6-8-13)18-16-10-9-14(17(19)20)11-12(16)2/h4-11,15,18H,3H2,1-2H3,(H,19,20). The second-order valence-corrected chi connectivity index (χ2v) is 4.85. The molecule has 0 heterocycles. The first-order valence-electron chi connectivity index (χ1n) is 6.77. The summed E-state index contributed by atoms with van der Waals surface area (Å²) in [6.07, 6.45) is 0.962. The van der Waals surface area contributed by atoms with Crippen molar-refractivity contribution in [1.82, 2.24) is 0 Å². The fraction of sp³-hybridized carbons (Fsp3) is 0.235. The lowest BCUT2D eigenvalue weighted by Crippen LogP contribution is -2.11. The average molecular weight is 269 g/mol. The Hall–Kier alpha value is -2.29. The summed E-state index contributed by atoms with van der Waals surface area (Å²) in [6, 6.07) is 15.7. The van der Waals surface area contributed by atoms with Gasteiger partial charge in [-0.25, -0.2) is 4.79 Å². The molecule has 1 unspecified atom stereocenters. The summed E-state index contributed by atoms with van der Waals surface area (Å²) in [5.41, 5.74) is 3.47. The maximum Gasteiger partial charge on any atom is 0.335 e. The van der Waals surface area contributed by atoms with Crippen molar-refractivity contribution in [3.63, 3.8) is 0 Å². The first-order chi connectivity index (χ1) is 9.61. The van der Waals surface area contributed by atoms with Gasteiger partial charge in [0.15, 0.2) is 0 Å². The molecule has 0 aliphatic rings.